The summed E-state index contributed by atoms with van der Waals surface area (Å²) in [4.78, 5) is 20.1. The van der Waals surface area contributed by atoms with Crippen molar-refractivity contribution in [2.75, 3.05) is 0 Å². The highest BCUT2D eigenvalue weighted by atomic mass is 16.2. The Balaban J connectivity index is 0.000000236. The maximum atomic E-state index is 10.0. The van der Waals surface area contributed by atoms with E-state index in [1.54, 1.807) is 6.92 Å². The van der Waals surface area contributed by atoms with Gasteiger partial charge in [0.2, 0.25) is 0 Å². The molecule has 3 nitrogen and oxygen atoms in total. The van der Waals surface area contributed by atoms with E-state index >= 15 is 0 Å². The van der Waals surface area contributed by atoms with Crippen LogP contribution in [0.1, 0.15) is 6.92 Å². The monoisotopic (exact) mass is 137 g/mol. The van der Waals surface area contributed by atoms with Gasteiger partial charge in [-0.25, -0.2) is 0 Å². The molecule has 0 fully saturated rings. The predicted molar refractivity (Wildman–Crippen MR) is 36.8 cm³/mol. The minimum absolute atomic E-state index is 0.329. The smallest absolute Gasteiger partial charge is 0.250 e. The van der Waals surface area contributed by atoms with Gasteiger partial charge in [-0.2, -0.15) is 0 Å². The van der Waals surface area contributed by atoms with E-state index in [1.807, 2.05) is 5.32 Å². The topological polar surface area (TPSA) is 46.2 Å². The van der Waals surface area contributed by atoms with Gasteiger partial charge in [-0.1, -0.05) is 0 Å². The molecular formula is C7H7NO2. The third-order valence-corrected chi connectivity index (χ3v) is 0.632. The summed E-state index contributed by atoms with van der Waals surface area (Å²) in [6.07, 6.45) is 6.99. The van der Waals surface area contributed by atoms with Crippen LogP contribution in [0.15, 0.2) is 12.2 Å². The van der Waals surface area contributed by atoms with Crippen molar-refractivity contribution in [2.45, 2.75) is 6.92 Å². The average molecular weight is 137 g/mol. The van der Waals surface area contributed by atoms with Gasteiger partial charge in [0.05, 0.1) is 0 Å². The fourth-order valence-corrected chi connectivity index (χ4v) is 0.356. The molecule has 1 rings (SSSR count). The van der Waals surface area contributed by atoms with Crippen LogP contribution in [0.4, 0.5) is 0 Å². The van der Waals surface area contributed by atoms with E-state index in [4.69, 9.17) is 0 Å². The zero-order valence-electron chi connectivity index (χ0n) is 5.55. The number of nitrogens with one attached hydrogen (secondary N) is 1. The molecule has 0 atom stereocenters. The molecule has 2 amide bonds. The van der Waals surface area contributed by atoms with E-state index in [9.17, 15) is 9.59 Å². The SMILES string of the molecule is C#CC.O=C1C=CC(=O)N1. The van der Waals surface area contributed by atoms with Crippen LogP contribution in [-0.4, -0.2) is 11.8 Å². The van der Waals surface area contributed by atoms with Crippen molar-refractivity contribution in [2.24, 2.45) is 0 Å². The molecule has 0 aromatic heterocycles. The van der Waals surface area contributed by atoms with Crippen molar-refractivity contribution in [1.29, 1.82) is 0 Å². The first-order chi connectivity index (χ1) is 4.70. The number of hydrogen-bond donors (Lipinski definition) is 1. The summed E-state index contributed by atoms with van der Waals surface area (Å²) >= 11 is 0. The lowest BCUT2D eigenvalue weighted by atomic mass is 10.6. The summed E-state index contributed by atoms with van der Waals surface area (Å²) < 4.78 is 0. The van der Waals surface area contributed by atoms with E-state index in [0.29, 0.717) is 0 Å². The van der Waals surface area contributed by atoms with Crippen LogP contribution in [0.3, 0.4) is 0 Å². The van der Waals surface area contributed by atoms with Crippen LogP contribution in [0.25, 0.3) is 0 Å². The first kappa shape index (κ1) is 8.44. The average Bonchev–Trinajstić information content (AvgIpc) is 2.17. The molecule has 0 aromatic rings. The lowest BCUT2D eigenvalue weighted by molar-refractivity contribution is -0.123. The number of amides is 2. The molecule has 10 heavy (non-hydrogen) atoms. The summed E-state index contributed by atoms with van der Waals surface area (Å²) in [5.41, 5.74) is 0. The molecule has 3 heteroatoms. The van der Waals surface area contributed by atoms with Crippen molar-refractivity contribution in [3.05, 3.63) is 12.2 Å². The Morgan fingerprint density at radius 3 is 1.80 bits per heavy atom. The largest absolute Gasteiger partial charge is 0.289 e. The van der Waals surface area contributed by atoms with Gasteiger partial charge in [0.1, 0.15) is 0 Å². The quantitative estimate of drug-likeness (QED) is 0.372. The van der Waals surface area contributed by atoms with Gasteiger partial charge in [-0.15, -0.1) is 12.3 Å². The fraction of sp³-hybridized carbons (Fsp3) is 0.143. The summed E-state index contributed by atoms with van der Waals surface area (Å²) in [5.74, 6) is 1.59. The molecule has 1 N–H and O–H groups in total. The van der Waals surface area contributed by atoms with Crippen LogP contribution in [0, 0.1) is 12.3 Å². The number of rotatable bonds is 0. The first-order valence-corrected chi connectivity index (χ1v) is 2.61. The van der Waals surface area contributed by atoms with Crippen LogP contribution >= 0.6 is 0 Å². The number of terminal acetylenes is 1. The van der Waals surface area contributed by atoms with Gasteiger partial charge in [-0.3, -0.25) is 14.9 Å². The minimum Gasteiger partial charge on any atom is -0.289 e. The van der Waals surface area contributed by atoms with Crippen molar-refractivity contribution in [3.8, 4) is 12.3 Å². The van der Waals surface area contributed by atoms with Gasteiger partial charge < -0.3 is 0 Å². The zero-order valence-corrected chi connectivity index (χ0v) is 5.55. The molecule has 52 valence electrons. The highest BCUT2D eigenvalue weighted by Crippen LogP contribution is 1.82. The van der Waals surface area contributed by atoms with Gasteiger partial charge in [-0.05, 0) is 6.92 Å². The molecule has 0 aliphatic carbocycles. The molecular weight excluding hydrogens is 130 g/mol. The normalized spacial score (nSPS) is 13.2. The van der Waals surface area contributed by atoms with Crippen LogP contribution < -0.4 is 5.32 Å². The van der Waals surface area contributed by atoms with E-state index in [0.717, 1.165) is 0 Å². The highest BCUT2D eigenvalue weighted by molar-refractivity contribution is 6.12. The molecule has 0 saturated carbocycles. The highest BCUT2D eigenvalue weighted by Gasteiger charge is 2.06. The summed E-state index contributed by atoms with van der Waals surface area (Å²) in [7, 11) is 0. The molecule has 0 spiro atoms. The summed E-state index contributed by atoms with van der Waals surface area (Å²) in [5, 5.41) is 2.03. The number of carbonyl (C=O) groups is 2. The number of imide groups is 1. The molecule has 1 aliphatic heterocycles. The molecule has 0 unspecified atom stereocenters. The molecule has 1 heterocycles. The second-order valence-electron chi connectivity index (χ2n) is 1.48. The first-order valence-electron chi connectivity index (χ1n) is 2.61. The second kappa shape index (κ2) is 4.33. The third-order valence-electron chi connectivity index (χ3n) is 0.632. The Morgan fingerprint density at radius 1 is 1.40 bits per heavy atom. The van der Waals surface area contributed by atoms with E-state index in [-0.39, 0.29) is 11.8 Å². The molecule has 0 saturated heterocycles. The molecule has 0 aromatic carbocycles. The molecule has 0 bridgehead atoms. The Kier molecular flexibility index (Phi) is 3.66. The van der Waals surface area contributed by atoms with Crippen LogP contribution in [0.2, 0.25) is 0 Å². The van der Waals surface area contributed by atoms with Crippen LogP contribution in [0.5, 0.6) is 0 Å². The lowest BCUT2D eigenvalue weighted by Crippen LogP contribution is -2.19. The Morgan fingerprint density at radius 2 is 1.70 bits per heavy atom. The minimum atomic E-state index is -0.329. The van der Waals surface area contributed by atoms with Crippen molar-refractivity contribution in [1.82, 2.24) is 5.32 Å². The Bertz CT molecular complexity index is 194. The van der Waals surface area contributed by atoms with Gasteiger partial charge in [0.15, 0.2) is 0 Å². The van der Waals surface area contributed by atoms with Gasteiger partial charge in [0, 0.05) is 12.2 Å². The van der Waals surface area contributed by atoms with Crippen molar-refractivity contribution >= 4 is 11.8 Å². The second-order valence-corrected chi connectivity index (χ2v) is 1.48. The standard InChI is InChI=1S/C4H3NO2.C3H4/c6-3-1-2-4(7)5-3;1-3-2/h1-2H,(H,5,6,7);1H,2H3. The van der Waals surface area contributed by atoms with Crippen molar-refractivity contribution < 1.29 is 9.59 Å². The van der Waals surface area contributed by atoms with Crippen molar-refractivity contribution in [3.63, 3.8) is 0 Å². The molecule has 0 radical (unpaired) electrons. The maximum absolute atomic E-state index is 10.0. The fourth-order valence-electron chi connectivity index (χ4n) is 0.356. The van der Waals surface area contributed by atoms with E-state index in [1.165, 1.54) is 12.2 Å². The number of carbonyl (C=O) groups excluding carboxylic acids is 2. The maximum Gasteiger partial charge on any atom is 0.250 e. The third kappa shape index (κ3) is 3.44. The van der Waals surface area contributed by atoms with Crippen LogP contribution in [-0.2, 0) is 9.59 Å². The zero-order chi connectivity index (χ0) is 7.98. The summed E-state index contributed by atoms with van der Waals surface area (Å²) in [6.45, 7) is 1.65. The predicted octanol–water partition coefficient (Wildman–Crippen LogP) is -0.162. The molecule has 1 aliphatic rings. The Hall–Kier alpha value is -1.56. The van der Waals surface area contributed by atoms with Gasteiger partial charge >= 0.3 is 0 Å². The Labute approximate surface area is 59.1 Å². The summed E-state index contributed by atoms with van der Waals surface area (Å²) in [6, 6.07) is 0. The number of hydrogen-bond acceptors (Lipinski definition) is 2. The van der Waals surface area contributed by atoms with Gasteiger partial charge in [0.25, 0.3) is 11.8 Å². The lowest BCUT2D eigenvalue weighted by Gasteiger charge is -1.80. The van der Waals surface area contributed by atoms with E-state index in [2.05, 4.69) is 12.3 Å². The van der Waals surface area contributed by atoms with E-state index < -0.39 is 0 Å².